The van der Waals surface area contributed by atoms with Crippen LogP contribution in [0.1, 0.15) is 18.5 Å². The van der Waals surface area contributed by atoms with Gasteiger partial charge in [0.25, 0.3) is 0 Å². The van der Waals surface area contributed by atoms with Gasteiger partial charge in [0.1, 0.15) is 5.69 Å². The maximum atomic E-state index is 5.39. The normalized spacial score (nSPS) is 11.0. The number of thioether (sulfide) groups is 1. The van der Waals surface area contributed by atoms with E-state index in [0.717, 1.165) is 35.9 Å². The van der Waals surface area contributed by atoms with Gasteiger partial charge in [-0.3, -0.25) is 4.99 Å². The predicted molar refractivity (Wildman–Crippen MR) is 113 cm³/mol. The largest absolute Gasteiger partial charge is 0.356 e. The van der Waals surface area contributed by atoms with Crippen LogP contribution >= 0.6 is 35.7 Å². The average Bonchev–Trinajstić information content (AvgIpc) is 3.07. The number of benzene rings is 1. The highest BCUT2D eigenvalue weighted by Crippen LogP contribution is 2.19. The van der Waals surface area contributed by atoms with Crippen molar-refractivity contribution in [1.29, 1.82) is 0 Å². The molecule has 2 N–H and O–H groups in total. The first-order valence-electron chi connectivity index (χ1n) is 7.78. The van der Waals surface area contributed by atoms with E-state index in [4.69, 9.17) is 4.52 Å². The van der Waals surface area contributed by atoms with Gasteiger partial charge in [0.2, 0.25) is 0 Å². The smallest absolute Gasteiger partial charge is 0.191 e. The molecule has 0 aliphatic rings. The number of nitrogens with one attached hydrogen (secondary N) is 2. The second-order valence-corrected chi connectivity index (χ2v) is 6.09. The fourth-order valence-electron chi connectivity index (χ4n) is 2.11. The van der Waals surface area contributed by atoms with Crippen molar-refractivity contribution >= 4 is 41.7 Å². The van der Waals surface area contributed by atoms with Crippen LogP contribution in [0.4, 0.5) is 0 Å². The molecule has 1 aromatic carbocycles. The fourth-order valence-corrected chi connectivity index (χ4v) is 2.60. The summed E-state index contributed by atoms with van der Waals surface area (Å²) < 4.78 is 5.39. The number of aromatic nitrogens is 1. The molecule has 5 nitrogen and oxygen atoms in total. The van der Waals surface area contributed by atoms with Crippen molar-refractivity contribution in [3.63, 3.8) is 0 Å². The molecular weight excluding hydrogens is 435 g/mol. The van der Waals surface area contributed by atoms with Gasteiger partial charge in [-0.05, 0) is 24.9 Å². The van der Waals surface area contributed by atoms with Crippen LogP contribution in [0.15, 0.2) is 45.9 Å². The third-order valence-electron chi connectivity index (χ3n) is 3.35. The van der Waals surface area contributed by atoms with Crippen molar-refractivity contribution < 1.29 is 4.52 Å². The van der Waals surface area contributed by atoms with Crippen LogP contribution in [0.3, 0.4) is 0 Å². The van der Waals surface area contributed by atoms with Gasteiger partial charge in [-0.25, -0.2) is 0 Å². The quantitative estimate of drug-likeness (QED) is 0.272. The molecule has 0 saturated carbocycles. The Bertz CT molecular complexity index is 604. The number of unbranched alkanes of at least 4 members (excludes halogenated alkanes) is 1. The Hall–Kier alpha value is -1.22. The maximum absolute atomic E-state index is 5.39. The molecule has 0 saturated heterocycles. The molecule has 0 atom stereocenters. The topological polar surface area (TPSA) is 62.5 Å². The van der Waals surface area contributed by atoms with Crippen molar-refractivity contribution in [3.8, 4) is 11.3 Å². The Morgan fingerprint density at radius 1 is 1.21 bits per heavy atom. The van der Waals surface area contributed by atoms with Gasteiger partial charge in [0, 0.05) is 25.2 Å². The highest BCUT2D eigenvalue weighted by molar-refractivity contribution is 14.0. The van der Waals surface area contributed by atoms with E-state index in [2.05, 4.69) is 27.0 Å². The molecule has 0 radical (unpaired) electrons. The molecule has 0 aliphatic carbocycles. The molecule has 7 heteroatoms. The van der Waals surface area contributed by atoms with Crippen molar-refractivity contribution in [2.24, 2.45) is 4.99 Å². The standard InChI is InChI=1S/C17H24N4OS.HI/c1-18-17(19-10-6-7-11-23-2)20-13-15-12-16(22-21-15)14-8-4-3-5-9-14;/h3-5,8-9,12H,6-7,10-11,13H2,1-2H3,(H2,18,19,20);1H. The SMILES string of the molecule is CN=C(NCCCCSC)NCc1cc(-c2ccccc2)on1.I. The zero-order valence-electron chi connectivity index (χ0n) is 14.1. The van der Waals surface area contributed by atoms with Gasteiger partial charge in [0.05, 0.1) is 6.54 Å². The predicted octanol–water partition coefficient (Wildman–Crippen LogP) is 3.77. The molecule has 24 heavy (non-hydrogen) atoms. The minimum absolute atomic E-state index is 0. The summed E-state index contributed by atoms with van der Waals surface area (Å²) in [5, 5.41) is 10.7. The maximum Gasteiger partial charge on any atom is 0.191 e. The Morgan fingerprint density at radius 2 is 2.00 bits per heavy atom. The van der Waals surface area contributed by atoms with E-state index in [9.17, 15) is 0 Å². The van der Waals surface area contributed by atoms with E-state index in [1.165, 1.54) is 12.2 Å². The summed E-state index contributed by atoms with van der Waals surface area (Å²) in [7, 11) is 1.77. The van der Waals surface area contributed by atoms with Crippen LogP contribution in [0.2, 0.25) is 0 Å². The summed E-state index contributed by atoms with van der Waals surface area (Å²) >= 11 is 1.88. The van der Waals surface area contributed by atoms with Crippen LogP contribution < -0.4 is 10.6 Å². The molecule has 2 aromatic rings. The Balaban J connectivity index is 0.00000288. The molecule has 1 aromatic heterocycles. The highest BCUT2D eigenvalue weighted by Gasteiger charge is 2.06. The lowest BCUT2D eigenvalue weighted by Gasteiger charge is -2.10. The van der Waals surface area contributed by atoms with Crippen LogP contribution in [-0.4, -0.2) is 36.7 Å². The van der Waals surface area contributed by atoms with Crippen molar-refractivity contribution in [3.05, 3.63) is 42.1 Å². The summed E-state index contributed by atoms with van der Waals surface area (Å²) in [6, 6.07) is 11.9. The molecule has 1 heterocycles. The first-order chi connectivity index (χ1) is 11.3. The third kappa shape index (κ3) is 7.12. The molecule has 0 aliphatic heterocycles. The summed E-state index contributed by atoms with van der Waals surface area (Å²) in [5.41, 5.74) is 1.89. The zero-order valence-corrected chi connectivity index (χ0v) is 17.3. The second-order valence-electron chi connectivity index (χ2n) is 5.10. The summed E-state index contributed by atoms with van der Waals surface area (Å²) in [5.74, 6) is 2.77. The second kappa shape index (κ2) is 12.2. The molecule has 0 bridgehead atoms. The van der Waals surface area contributed by atoms with E-state index in [0.29, 0.717) is 6.54 Å². The van der Waals surface area contributed by atoms with Gasteiger partial charge in [-0.1, -0.05) is 35.5 Å². The number of halogens is 1. The lowest BCUT2D eigenvalue weighted by atomic mass is 10.2. The Labute approximate surface area is 165 Å². The molecule has 2 rings (SSSR count). The molecule has 0 fully saturated rings. The average molecular weight is 460 g/mol. The minimum Gasteiger partial charge on any atom is -0.356 e. The van der Waals surface area contributed by atoms with E-state index in [1.807, 2.05) is 48.2 Å². The van der Waals surface area contributed by atoms with Gasteiger partial charge in [0.15, 0.2) is 11.7 Å². The van der Waals surface area contributed by atoms with Gasteiger partial charge >= 0.3 is 0 Å². The fraction of sp³-hybridized carbons (Fsp3) is 0.412. The Kier molecular flexibility index (Phi) is 10.6. The summed E-state index contributed by atoms with van der Waals surface area (Å²) in [6.45, 7) is 1.51. The zero-order chi connectivity index (χ0) is 16.3. The van der Waals surface area contributed by atoms with E-state index < -0.39 is 0 Å². The van der Waals surface area contributed by atoms with E-state index in [1.54, 1.807) is 7.05 Å². The molecule has 0 amide bonds. The summed E-state index contributed by atoms with van der Waals surface area (Å²) in [4.78, 5) is 4.22. The first kappa shape index (κ1) is 20.8. The van der Waals surface area contributed by atoms with Crippen LogP contribution in [0, 0.1) is 0 Å². The van der Waals surface area contributed by atoms with Gasteiger partial charge in [-0.15, -0.1) is 24.0 Å². The van der Waals surface area contributed by atoms with Crippen molar-refractivity contribution in [1.82, 2.24) is 15.8 Å². The first-order valence-corrected chi connectivity index (χ1v) is 9.17. The number of hydrogen-bond acceptors (Lipinski definition) is 4. The van der Waals surface area contributed by atoms with Gasteiger partial charge in [-0.2, -0.15) is 11.8 Å². The third-order valence-corrected chi connectivity index (χ3v) is 4.04. The number of guanidine groups is 1. The number of nitrogens with zero attached hydrogens (tertiary/aromatic N) is 2. The van der Waals surface area contributed by atoms with E-state index in [-0.39, 0.29) is 24.0 Å². The highest BCUT2D eigenvalue weighted by atomic mass is 127. The number of hydrogen-bond donors (Lipinski definition) is 2. The van der Waals surface area contributed by atoms with Gasteiger partial charge < -0.3 is 15.2 Å². The van der Waals surface area contributed by atoms with Crippen molar-refractivity contribution in [2.45, 2.75) is 19.4 Å². The molecule has 0 spiro atoms. The monoisotopic (exact) mass is 460 g/mol. The molecule has 132 valence electrons. The van der Waals surface area contributed by atoms with Crippen molar-refractivity contribution in [2.75, 3.05) is 25.6 Å². The Morgan fingerprint density at radius 3 is 2.71 bits per heavy atom. The number of rotatable bonds is 8. The number of aliphatic imine (C=N–C) groups is 1. The molecular formula is C17H25IN4OS. The lowest BCUT2D eigenvalue weighted by Crippen LogP contribution is -2.37. The van der Waals surface area contributed by atoms with Crippen LogP contribution in [-0.2, 0) is 6.54 Å². The molecule has 0 unspecified atom stereocenters. The van der Waals surface area contributed by atoms with Crippen LogP contribution in [0.25, 0.3) is 11.3 Å². The van der Waals surface area contributed by atoms with Crippen LogP contribution in [0.5, 0.6) is 0 Å². The summed E-state index contributed by atoms with van der Waals surface area (Å²) in [6.07, 6.45) is 4.49. The minimum atomic E-state index is 0. The van der Waals surface area contributed by atoms with E-state index >= 15 is 0 Å². The lowest BCUT2D eigenvalue weighted by molar-refractivity contribution is 0.422.